The summed E-state index contributed by atoms with van der Waals surface area (Å²) in [7, 11) is 0. The van der Waals surface area contributed by atoms with Crippen molar-refractivity contribution in [2.75, 3.05) is 25.0 Å². The van der Waals surface area contributed by atoms with E-state index in [1.54, 1.807) is 17.3 Å². The molecule has 0 spiro atoms. The Hall–Kier alpha value is -2.18. The van der Waals surface area contributed by atoms with Gasteiger partial charge in [-0.1, -0.05) is 20.8 Å². The molecule has 136 valence electrons. The molecule has 3 amide bonds. The third-order valence-corrected chi connectivity index (χ3v) is 4.81. The molecule has 3 rings (SSSR count). The molecule has 0 radical (unpaired) electrons. The molecule has 0 saturated carbocycles. The zero-order valence-electron chi connectivity index (χ0n) is 15.3. The SMILES string of the molecule is CC(C)(C)c1ncc(NC(=O)N2CCC[C@H](N3CCCC3=O)C2)cn1. The topological polar surface area (TPSA) is 78.4 Å². The molecule has 1 aromatic rings. The maximum atomic E-state index is 12.5. The summed E-state index contributed by atoms with van der Waals surface area (Å²) in [6.07, 6.45) is 6.76. The van der Waals surface area contributed by atoms with Crippen LogP contribution in [0.25, 0.3) is 0 Å². The predicted octanol–water partition coefficient (Wildman–Crippen LogP) is 2.39. The fourth-order valence-electron chi connectivity index (χ4n) is 3.43. The molecule has 0 aromatic carbocycles. The van der Waals surface area contributed by atoms with E-state index in [9.17, 15) is 9.59 Å². The molecule has 0 aliphatic carbocycles. The number of amides is 3. The Kier molecular flexibility index (Phi) is 4.92. The van der Waals surface area contributed by atoms with E-state index < -0.39 is 0 Å². The van der Waals surface area contributed by atoms with Gasteiger partial charge in [0.15, 0.2) is 0 Å². The molecular formula is C18H27N5O2. The second kappa shape index (κ2) is 6.98. The van der Waals surface area contributed by atoms with Gasteiger partial charge in [0.05, 0.1) is 18.1 Å². The van der Waals surface area contributed by atoms with E-state index in [1.165, 1.54) is 0 Å². The maximum absolute atomic E-state index is 12.5. The number of piperidine rings is 1. The van der Waals surface area contributed by atoms with E-state index in [2.05, 4.69) is 15.3 Å². The first kappa shape index (κ1) is 17.6. The fraction of sp³-hybridized carbons (Fsp3) is 0.667. The normalized spacial score (nSPS) is 21.6. The first-order chi connectivity index (χ1) is 11.8. The van der Waals surface area contributed by atoms with E-state index in [4.69, 9.17) is 0 Å². The number of rotatable bonds is 2. The van der Waals surface area contributed by atoms with Crippen LogP contribution in [0, 0.1) is 0 Å². The van der Waals surface area contributed by atoms with Crippen molar-refractivity contribution in [3.8, 4) is 0 Å². The number of nitrogens with one attached hydrogen (secondary N) is 1. The van der Waals surface area contributed by atoms with Crippen LogP contribution in [0.1, 0.15) is 52.3 Å². The van der Waals surface area contributed by atoms with Gasteiger partial charge in [0.2, 0.25) is 5.91 Å². The Morgan fingerprint density at radius 3 is 2.52 bits per heavy atom. The van der Waals surface area contributed by atoms with Gasteiger partial charge in [-0.25, -0.2) is 14.8 Å². The Morgan fingerprint density at radius 2 is 1.92 bits per heavy atom. The highest BCUT2D eigenvalue weighted by atomic mass is 16.2. The summed E-state index contributed by atoms with van der Waals surface area (Å²) in [6, 6.07) is -0.00234. The van der Waals surface area contributed by atoms with Crippen LogP contribution < -0.4 is 5.32 Å². The molecule has 2 aliphatic rings. The molecule has 2 aliphatic heterocycles. The number of carbonyl (C=O) groups is 2. The van der Waals surface area contributed by atoms with E-state index in [1.807, 2.05) is 25.7 Å². The summed E-state index contributed by atoms with van der Waals surface area (Å²) >= 11 is 0. The van der Waals surface area contributed by atoms with E-state index in [-0.39, 0.29) is 23.4 Å². The maximum Gasteiger partial charge on any atom is 0.322 e. The second-order valence-corrected chi connectivity index (χ2v) is 7.91. The van der Waals surface area contributed by atoms with Crippen molar-refractivity contribution >= 4 is 17.6 Å². The number of hydrogen-bond donors (Lipinski definition) is 1. The largest absolute Gasteiger partial charge is 0.338 e. The Bertz CT molecular complexity index is 638. The monoisotopic (exact) mass is 345 g/mol. The molecule has 7 nitrogen and oxygen atoms in total. The minimum Gasteiger partial charge on any atom is -0.338 e. The van der Waals surface area contributed by atoms with E-state index in [0.29, 0.717) is 25.2 Å². The lowest BCUT2D eigenvalue weighted by Crippen LogP contribution is -2.51. The Labute approximate surface area is 148 Å². The molecule has 25 heavy (non-hydrogen) atoms. The molecule has 1 aromatic heterocycles. The molecule has 2 fully saturated rings. The average molecular weight is 345 g/mol. The molecule has 0 bridgehead atoms. The van der Waals surface area contributed by atoms with Crippen LogP contribution >= 0.6 is 0 Å². The van der Waals surface area contributed by atoms with Crippen LogP contribution in [0.4, 0.5) is 10.5 Å². The number of anilines is 1. The zero-order chi connectivity index (χ0) is 18.0. The standard InChI is InChI=1S/C18H27N5O2/c1-18(2,3)16-19-10-13(11-20-16)21-17(25)22-8-4-6-14(12-22)23-9-5-7-15(23)24/h10-11,14H,4-9,12H2,1-3H3,(H,21,25)/t14-/m0/s1. The van der Waals surface area contributed by atoms with Gasteiger partial charge in [-0.3, -0.25) is 4.79 Å². The molecule has 1 atom stereocenters. The summed E-state index contributed by atoms with van der Waals surface area (Å²) in [6.45, 7) is 8.28. The highest BCUT2D eigenvalue weighted by Gasteiger charge is 2.32. The first-order valence-corrected chi connectivity index (χ1v) is 9.02. The number of hydrogen-bond acceptors (Lipinski definition) is 4. The molecule has 2 saturated heterocycles. The Balaban J connectivity index is 1.60. The lowest BCUT2D eigenvalue weighted by Gasteiger charge is -2.37. The van der Waals surface area contributed by atoms with E-state index in [0.717, 1.165) is 31.6 Å². The van der Waals surface area contributed by atoms with Crippen molar-refractivity contribution in [1.29, 1.82) is 0 Å². The molecule has 7 heteroatoms. The number of nitrogens with zero attached hydrogens (tertiary/aromatic N) is 4. The van der Waals surface area contributed by atoms with Crippen molar-refractivity contribution in [3.63, 3.8) is 0 Å². The minimum atomic E-state index is -0.150. The lowest BCUT2D eigenvalue weighted by atomic mass is 9.96. The van der Waals surface area contributed by atoms with Gasteiger partial charge in [0.25, 0.3) is 0 Å². The van der Waals surface area contributed by atoms with Crippen molar-refractivity contribution in [2.45, 2.75) is 57.9 Å². The van der Waals surface area contributed by atoms with Gasteiger partial charge < -0.3 is 15.1 Å². The minimum absolute atomic E-state index is 0.120. The quantitative estimate of drug-likeness (QED) is 0.893. The van der Waals surface area contributed by atoms with Gasteiger partial charge >= 0.3 is 6.03 Å². The van der Waals surface area contributed by atoms with Crippen LogP contribution in [-0.4, -0.2) is 57.4 Å². The van der Waals surface area contributed by atoms with Crippen LogP contribution in [-0.2, 0) is 10.2 Å². The predicted molar refractivity (Wildman–Crippen MR) is 95.3 cm³/mol. The average Bonchev–Trinajstić information content (AvgIpc) is 3.01. The Morgan fingerprint density at radius 1 is 1.20 bits per heavy atom. The number of aromatic nitrogens is 2. The van der Waals surface area contributed by atoms with Gasteiger partial charge in [-0.2, -0.15) is 0 Å². The summed E-state index contributed by atoms with van der Waals surface area (Å²) in [5.41, 5.74) is 0.475. The smallest absolute Gasteiger partial charge is 0.322 e. The van der Waals surface area contributed by atoms with Crippen LogP contribution in [0.5, 0.6) is 0 Å². The number of urea groups is 1. The van der Waals surface area contributed by atoms with Crippen molar-refractivity contribution in [2.24, 2.45) is 0 Å². The van der Waals surface area contributed by atoms with Crippen LogP contribution in [0.2, 0.25) is 0 Å². The van der Waals surface area contributed by atoms with Crippen molar-refractivity contribution < 1.29 is 9.59 Å². The van der Waals surface area contributed by atoms with Crippen molar-refractivity contribution in [3.05, 3.63) is 18.2 Å². The third kappa shape index (κ3) is 4.08. The highest BCUT2D eigenvalue weighted by molar-refractivity contribution is 5.89. The van der Waals surface area contributed by atoms with Gasteiger partial charge in [-0.15, -0.1) is 0 Å². The second-order valence-electron chi connectivity index (χ2n) is 7.91. The molecular weight excluding hydrogens is 318 g/mol. The summed E-state index contributed by atoms with van der Waals surface area (Å²) in [5.74, 6) is 0.967. The zero-order valence-corrected chi connectivity index (χ0v) is 15.3. The summed E-state index contributed by atoms with van der Waals surface area (Å²) < 4.78 is 0. The van der Waals surface area contributed by atoms with Gasteiger partial charge in [-0.05, 0) is 19.3 Å². The van der Waals surface area contributed by atoms with Gasteiger partial charge in [0, 0.05) is 37.5 Å². The van der Waals surface area contributed by atoms with Crippen molar-refractivity contribution in [1.82, 2.24) is 19.8 Å². The highest BCUT2D eigenvalue weighted by Crippen LogP contribution is 2.22. The lowest BCUT2D eigenvalue weighted by molar-refractivity contribution is -0.130. The first-order valence-electron chi connectivity index (χ1n) is 9.02. The van der Waals surface area contributed by atoms with E-state index >= 15 is 0 Å². The summed E-state index contributed by atoms with van der Waals surface area (Å²) in [4.78, 5) is 36.9. The summed E-state index contributed by atoms with van der Waals surface area (Å²) in [5, 5.41) is 2.87. The van der Waals surface area contributed by atoms with Gasteiger partial charge in [0.1, 0.15) is 5.82 Å². The number of carbonyl (C=O) groups excluding carboxylic acids is 2. The third-order valence-electron chi connectivity index (χ3n) is 4.81. The van der Waals surface area contributed by atoms with Crippen LogP contribution in [0.15, 0.2) is 12.4 Å². The number of likely N-dealkylation sites (tertiary alicyclic amines) is 2. The molecule has 1 N–H and O–H groups in total. The molecule has 0 unspecified atom stereocenters. The fourth-order valence-corrected chi connectivity index (χ4v) is 3.43. The molecule has 3 heterocycles. The van der Waals surface area contributed by atoms with Crippen LogP contribution in [0.3, 0.4) is 0 Å².